The van der Waals surface area contributed by atoms with Crippen LogP contribution in [0.25, 0.3) is 0 Å². The number of rotatable bonds is 1. The van der Waals surface area contributed by atoms with Crippen LogP contribution in [0.1, 0.15) is 11.1 Å². The normalized spacial score (nSPS) is 13.7. The molecule has 0 spiro atoms. The number of carbonyl (C=O) groups is 1. The highest BCUT2D eigenvalue weighted by Crippen LogP contribution is 2.32. The van der Waals surface area contributed by atoms with Crippen LogP contribution < -0.4 is 10.2 Å². The number of benzene rings is 1. The van der Waals surface area contributed by atoms with E-state index in [1.54, 1.807) is 22.9 Å². The summed E-state index contributed by atoms with van der Waals surface area (Å²) in [5, 5.41) is 3.93. The SMILES string of the molecule is Cc1cccc(NC(=O)N2CCSc3ncccc32)c1C. The molecule has 2 heterocycles. The smallest absolute Gasteiger partial charge is 0.307 e. The number of anilines is 2. The molecule has 2 amide bonds. The van der Waals surface area contributed by atoms with Gasteiger partial charge in [0.1, 0.15) is 5.03 Å². The van der Waals surface area contributed by atoms with E-state index in [1.807, 2.05) is 44.2 Å². The van der Waals surface area contributed by atoms with Crippen molar-refractivity contribution in [3.63, 3.8) is 0 Å². The van der Waals surface area contributed by atoms with Gasteiger partial charge < -0.3 is 5.32 Å². The molecule has 1 aromatic heterocycles. The predicted octanol–water partition coefficient (Wildman–Crippen LogP) is 3.84. The highest BCUT2D eigenvalue weighted by atomic mass is 32.2. The Balaban J connectivity index is 1.85. The molecule has 2 aromatic rings. The Morgan fingerprint density at radius 3 is 3.00 bits per heavy atom. The van der Waals surface area contributed by atoms with E-state index in [-0.39, 0.29) is 6.03 Å². The van der Waals surface area contributed by atoms with E-state index in [2.05, 4.69) is 10.3 Å². The molecular weight excluding hydrogens is 282 g/mol. The molecule has 0 fully saturated rings. The van der Waals surface area contributed by atoms with Crippen molar-refractivity contribution in [2.24, 2.45) is 0 Å². The lowest BCUT2D eigenvalue weighted by atomic mass is 10.1. The molecule has 0 bridgehead atoms. The first-order chi connectivity index (χ1) is 10.2. The fourth-order valence-electron chi connectivity index (χ4n) is 2.33. The summed E-state index contributed by atoms with van der Waals surface area (Å²) in [5.74, 6) is 0.865. The van der Waals surface area contributed by atoms with Crippen molar-refractivity contribution in [3.05, 3.63) is 47.7 Å². The van der Waals surface area contributed by atoms with Crippen LogP contribution in [-0.2, 0) is 0 Å². The monoisotopic (exact) mass is 299 g/mol. The molecule has 1 aliphatic rings. The molecule has 0 saturated carbocycles. The van der Waals surface area contributed by atoms with Crippen LogP contribution >= 0.6 is 11.8 Å². The molecule has 0 saturated heterocycles. The minimum absolute atomic E-state index is 0.0988. The van der Waals surface area contributed by atoms with Gasteiger partial charge in [0.15, 0.2) is 0 Å². The van der Waals surface area contributed by atoms with Crippen molar-refractivity contribution >= 4 is 29.2 Å². The number of hydrogen-bond acceptors (Lipinski definition) is 3. The van der Waals surface area contributed by atoms with Crippen molar-refractivity contribution < 1.29 is 4.79 Å². The molecular formula is C16H17N3OS. The third-order valence-electron chi connectivity index (χ3n) is 3.69. The summed E-state index contributed by atoms with van der Waals surface area (Å²) in [6.07, 6.45) is 1.76. The standard InChI is InChI=1S/C16H17N3OS/c1-11-5-3-6-13(12(11)2)18-16(20)19-9-10-21-15-14(19)7-4-8-17-15/h3-8H,9-10H2,1-2H3,(H,18,20). The van der Waals surface area contributed by atoms with Gasteiger partial charge in [-0.1, -0.05) is 12.1 Å². The topological polar surface area (TPSA) is 45.2 Å². The molecule has 1 N–H and O–H groups in total. The third-order valence-corrected chi connectivity index (χ3v) is 4.66. The molecule has 21 heavy (non-hydrogen) atoms. The molecule has 0 aliphatic carbocycles. The van der Waals surface area contributed by atoms with Crippen LogP contribution in [0.3, 0.4) is 0 Å². The zero-order chi connectivity index (χ0) is 14.8. The van der Waals surface area contributed by atoms with E-state index < -0.39 is 0 Å². The number of urea groups is 1. The molecule has 1 aliphatic heterocycles. The number of amides is 2. The van der Waals surface area contributed by atoms with Crippen LogP contribution in [0.15, 0.2) is 41.6 Å². The fraction of sp³-hybridized carbons (Fsp3) is 0.250. The van der Waals surface area contributed by atoms with Crippen LogP contribution in [0.4, 0.5) is 16.2 Å². The average Bonchev–Trinajstić information content (AvgIpc) is 2.51. The molecule has 0 atom stereocenters. The third kappa shape index (κ3) is 2.74. The average molecular weight is 299 g/mol. The number of fused-ring (bicyclic) bond motifs is 1. The number of hydrogen-bond donors (Lipinski definition) is 1. The quantitative estimate of drug-likeness (QED) is 0.870. The summed E-state index contributed by atoms with van der Waals surface area (Å²) < 4.78 is 0. The Hall–Kier alpha value is -2.01. The molecule has 4 nitrogen and oxygen atoms in total. The first kappa shape index (κ1) is 13.9. The molecule has 108 valence electrons. The number of carbonyl (C=O) groups excluding carboxylic acids is 1. The Labute approximate surface area is 128 Å². The van der Waals surface area contributed by atoms with E-state index in [9.17, 15) is 4.79 Å². The zero-order valence-corrected chi connectivity index (χ0v) is 12.9. The first-order valence-corrected chi connectivity index (χ1v) is 7.88. The molecule has 0 unspecified atom stereocenters. The molecule has 1 aromatic carbocycles. The summed E-state index contributed by atoms with van der Waals surface area (Å²) in [4.78, 5) is 18.7. The molecule has 3 rings (SSSR count). The summed E-state index contributed by atoms with van der Waals surface area (Å²) >= 11 is 1.69. The Kier molecular flexibility index (Phi) is 3.84. The number of aryl methyl sites for hydroxylation is 1. The summed E-state index contributed by atoms with van der Waals surface area (Å²) in [6.45, 7) is 4.76. The maximum Gasteiger partial charge on any atom is 0.326 e. The second kappa shape index (κ2) is 5.77. The lowest BCUT2D eigenvalue weighted by molar-refractivity contribution is 0.257. The fourth-order valence-corrected chi connectivity index (χ4v) is 3.26. The van der Waals surface area contributed by atoms with E-state index in [0.717, 1.165) is 27.7 Å². The maximum absolute atomic E-state index is 12.6. The number of nitrogens with one attached hydrogen (secondary N) is 1. The Morgan fingerprint density at radius 1 is 1.29 bits per heavy atom. The van der Waals surface area contributed by atoms with Crippen LogP contribution in [-0.4, -0.2) is 23.3 Å². The van der Waals surface area contributed by atoms with Gasteiger partial charge in [-0.05, 0) is 43.2 Å². The van der Waals surface area contributed by atoms with Gasteiger partial charge in [-0.25, -0.2) is 9.78 Å². The van der Waals surface area contributed by atoms with Crippen molar-refractivity contribution in [1.82, 2.24) is 4.98 Å². The van der Waals surface area contributed by atoms with Crippen molar-refractivity contribution in [1.29, 1.82) is 0 Å². The van der Waals surface area contributed by atoms with Gasteiger partial charge in [-0.2, -0.15) is 0 Å². The number of aromatic nitrogens is 1. The van der Waals surface area contributed by atoms with Crippen LogP contribution in [0.2, 0.25) is 0 Å². The minimum atomic E-state index is -0.0988. The van der Waals surface area contributed by atoms with Crippen LogP contribution in [0.5, 0.6) is 0 Å². The van der Waals surface area contributed by atoms with Gasteiger partial charge in [0.05, 0.1) is 5.69 Å². The first-order valence-electron chi connectivity index (χ1n) is 6.89. The van der Waals surface area contributed by atoms with Gasteiger partial charge in [-0.15, -0.1) is 11.8 Å². The highest BCUT2D eigenvalue weighted by molar-refractivity contribution is 7.99. The largest absolute Gasteiger partial charge is 0.326 e. The van der Waals surface area contributed by atoms with Crippen molar-refractivity contribution in [3.8, 4) is 0 Å². The second-order valence-corrected chi connectivity index (χ2v) is 6.09. The van der Waals surface area contributed by atoms with Gasteiger partial charge in [0.25, 0.3) is 0 Å². The van der Waals surface area contributed by atoms with E-state index in [0.29, 0.717) is 6.54 Å². The van der Waals surface area contributed by atoms with E-state index in [4.69, 9.17) is 0 Å². The molecule has 0 radical (unpaired) electrons. The van der Waals surface area contributed by atoms with Crippen LogP contribution in [0, 0.1) is 13.8 Å². The Morgan fingerprint density at radius 2 is 2.14 bits per heavy atom. The van der Waals surface area contributed by atoms with E-state index in [1.165, 1.54) is 5.56 Å². The maximum atomic E-state index is 12.6. The van der Waals surface area contributed by atoms with Gasteiger partial charge >= 0.3 is 6.03 Å². The van der Waals surface area contributed by atoms with Gasteiger partial charge in [-0.3, -0.25) is 4.90 Å². The summed E-state index contributed by atoms with van der Waals surface area (Å²) in [5.41, 5.74) is 4.02. The summed E-state index contributed by atoms with van der Waals surface area (Å²) in [6, 6.07) is 9.64. The number of nitrogens with zero attached hydrogens (tertiary/aromatic N) is 2. The van der Waals surface area contributed by atoms with Crippen molar-refractivity contribution in [2.75, 3.05) is 22.5 Å². The molecule has 5 heteroatoms. The van der Waals surface area contributed by atoms with Crippen molar-refractivity contribution in [2.45, 2.75) is 18.9 Å². The summed E-state index contributed by atoms with van der Waals surface area (Å²) in [7, 11) is 0. The lowest BCUT2D eigenvalue weighted by Crippen LogP contribution is -2.39. The lowest BCUT2D eigenvalue weighted by Gasteiger charge is -2.28. The van der Waals surface area contributed by atoms with E-state index >= 15 is 0 Å². The van der Waals surface area contributed by atoms with Gasteiger partial charge in [0.2, 0.25) is 0 Å². The second-order valence-electron chi connectivity index (χ2n) is 5.01. The number of pyridine rings is 1. The van der Waals surface area contributed by atoms with Gasteiger partial charge in [0, 0.05) is 24.2 Å². The predicted molar refractivity (Wildman–Crippen MR) is 87.2 cm³/mol. The zero-order valence-electron chi connectivity index (χ0n) is 12.1. The number of thioether (sulfide) groups is 1. The minimum Gasteiger partial charge on any atom is -0.307 e. The Bertz CT molecular complexity index is 687. The highest BCUT2D eigenvalue weighted by Gasteiger charge is 2.23.